The summed E-state index contributed by atoms with van der Waals surface area (Å²) in [5.74, 6) is -0.706. The van der Waals surface area contributed by atoms with Crippen LogP contribution in [0, 0.1) is 13.8 Å². The summed E-state index contributed by atoms with van der Waals surface area (Å²) in [6, 6.07) is 1.26. The number of hydrogen-bond acceptors (Lipinski definition) is 4. The Balaban J connectivity index is 1.96. The molecule has 1 fully saturated rings. The van der Waals surface area contributed by atoms with Crippen LogP contribution in [0.25, 0.3) is 0 Å². The lowest BCUT2D eigenvalue weighted by atomic mass is 10.1. The molecule has 1 aliphatic rings. The Bertz CT molecular complexity index is 648. The molecule has 2 rings (SSSR count). The Hall–Kier alpha value is -2.11. The van der Waals surface area contributed by atoms with Gasteiger partial charge < -0.3 is 14.2 Å². The van der Waals surface area contributed by atoms with E-state index in [9.17, 15) is 14.4 Å². The van der Waals surface area contributed by atoms with Gasteiger partial charge >= 0.3 is 5.97 Å². The molecule has 132 valence electrons. The van der Waals surface area contributed by atoms with Crippen molar-refractivity contribution in [3.63, 3.8) is 0 Å². The minimum atomic E-state index is -0.546. The Morgan fingerprint density at radius 3 is 2.58 bits per heavy atom. The normalized spacial score (nSPS) is 17.2. The zero-order valence-electron chi connectivity index (χ0n) is 14.9. The molecule has 1 aromatic rings. The average molecular weight is 334 g/mol. The van der Waals surface area contributed by atoms with Crippen LogP contribution in [0.15, 0.2) is 6.07 Å². The van der Waals surface area contributed by atoms with Crippen LogP contribution >= 0.6 is 0 Å². The molecular weight excluding hydrogens is 308 g/mol. The minimum absolute atomic E-state index is 0.0159. The van der Waals surface area contributed by atoms with E-state index < -0.39 is 12.0 Å². The number of hydrogen-bond donors (Lipinski definition) is 0. The smallest absolute Gasteiger partial charge is 0.329 e. The molecule has 0 aromatic carbocycles. The van der Waals surface area contributed by atoms with Gasteiger partial charge in [0.15, 0.2) is 6.61 Å². The highest BCUT2D eigenvalue weighted by molar-refractivity contribution is 5.99. The second-order valence-electron chi connectivity index (χ2n) is 6.37. The topological polar surface area (TPSA) is 68.6 Å². The predicted octanol–water partition coefficient (Wildman–Crippen LogP) is 2.16. The van der Waals surface area contributed by atoms with E-state index in [0.717, 1.165) is 24.2 Å². The Morgan fingerprint density at radius 2 is 2.00 bits per heavy atom. The summed E-state index contributed by atoms with van der Waals surface area (Å²) < 4.78 is 7.14. The summed E-state index contributed by atoms with van der Waals surface area (Å²) in [6.45, 7) is 6.03. The molecule has 0 saturated carbocycles. The summed E-state index contributed by atoms with van der Waals surface area (Å²) in [5, 5.41) is 0. The standard InChI is InChI=1S/C18H26N2O4/c1-5-7-17(22)20-9-6-8-15(20)18(23)24-11-16(21)14-10-12(2)19(4)13(14)3/h10,15H,5-9,11H2,1-4H3. The van der Waals surface area contributed by atoms with Crippen LogP contribution in [0.3, 0.4) is 0 Å². The lowest BCUT2D eigenvalue weighted by Crippen LogP contribution is -2.41. The van der Waals surface area contributed by atoms with Crippen LogP contribution in [0.2, 0.25) is 0 Å². The SMILES string of the molecule is CCCC(=O)N1CCCC1C(=O)OCC(=O)c1cc(C)n(C)c1C. The van der Waals surface area contributed by atoms with E-state index in [4.69, 9.17) is 4.74 Å². The van der Waals surface area contributed by atoms with Crippen molar-refractivity contribution in [2.45, 2.75) is 52.5 Å². The van der Waals surface area contributed by atoms with E-state index >= 15 is 0 Å². The van der Waals surface area contributed by atoms with Crippen molar-refractivity contribution >= 4 is 17.7 Å². The van der Waals surface area contributed by atoms with Gasteiger partial charge in [-0.25, -0.2) is 4.79 Å². The third-order valence-electron chi connectivity index (χ3n) is 4.73. The number of Topliss-reactive ketones (excluding diaryl/α,β-unsaturated/α-hetero) is 1. The van der Waals surface area contributed by atoms with Crippen molar-refractivity contribution < 1.29 is 19.1 Å². The van der Waals surface area contributed by atoms with E-state index in [0.29, 0.717) is 24.9 Å². The van der Waals surface area contributed by atoms with Gasteiger partial charge in [-0.05, 0) is 39.2 Å². The fraction of sp³-hybridized carbons (Fsp3) is 0.611. The fourth-order valence-corrected chi connectivity index (χ4v) is 3.12. The molecule has 0 bridgehead atoms. The van der Waals surface area contributed by atoms with Crippen molar-refractivity contribution in [3.8, 4) is 0 Å². The number of carbonyl (C=O) groups is 3. The van der Waals surface area contributed by atoms with Crippen LogP contribution in [-0.2, 0) is 21.4 Å². The number of aryl methyl sites for hydroxylation is 1. The number of ketones is 1. The third-order valence-corrected chi connectivity index (χ3v) is 4.73. The van der Waals surface area contributed by atoms with Crippen molar-refractivity contribution in [1.82, 2.24) is 9.47 Å². The fourth-order valence-electron chi connectivity index (χ4n) is 3.12. The molecule has 0 radical (unpaired) electrons. The first-order valence-electron chi connectivity index (χ1n) is 8.49. The van der Waals surface area contributed by atoms with Crippen molar-refractivity contribution in [2.24, 2.45) is 7.05 Å². The second-order valence-corrected chi connectivity index (χ2v) is 6.37. The maximum absolute atomic E-state index is 12.3. The first-order chi connectivity index (χ1) is 11.4. The molecule has 24 heavy (non-hydrogen) atoms. The zero-order chi connectivity index (χ0) is 17.9. The van der Waals surface area contributed by atoms with Crippen LogP contribution < -0.4 is 0 Å². The molecule has 0 spiro atoms. The molecule has 0 aliphatic carbocycles. The molecule has 1 amide bonds. The largest absolute Gasteiger partial charge is 0.456 e. The minimum Gasteiger partial charge on any atom is -0.456 e. The van der Waals surface area contributed by atoms with E-state index in [2.05, 4.69) is 0 Å². The van der Waals surface area contributed by atoms with Crippen LogP contribution in [0.4, 0.5) is 0 Å². The van der Waals surface area contributed by atoms with Crippen LogP contribution in [0.5, 0.6) is 0 Å². The van der Waals surface area contributed by atoms with Crippen molar-refractivity contribution in [2.75, 3.05) is 13.2 Å². The summed E-state index contributed by atoms with van der Waals surface area (Å²) >= 11 is 0. The quantitative estimate of drug-likeness (QED) is 0.590. The number of aromatic nitrogens is 1. The number of esters is 1. The maximum atomic E-state index is 12.3. The van der Waals surface area contributed by atoms with Gasteiger partial charge in [0.2, 0.25) is 11.7 Å². The molecule has 0 N–H and O–H groups in total. The van der Waals surface area contributed by atoms with Gasteiger partial charge in [0.25, 0.3) is 0 Å². The van der Waals surface area contributed by atoms with Crippen LogP contribution in [0.1, 0.15) is 54.4 Å². The van der Waals surface area contributed by atoms with Crippen LogP contribution in [-0.4, -0.2) is 46.3 Å². The summed E-state index contributed by atoms with van der Waals surface area (Å²) in [5.41, 5.74) is 2.41. The number of rotatable bonds is 6. The second kappa shape index (κ2) is 7.64. The van der Waals surface area contributed by atoms with Crippen molar-refractivity contribution in [1.29, 1.82) is 0 Å². The molecule has 1 aliphatic heterocycles. The lowest BCUT2D eigenvalue weighted by Gasteiger charge is -2.23. The monoisotopic (exact) mass is 334 g/mol. The van der Waals surface area contributed by atoms with E-state index in [1.807, 2.05) is 32.4 Å². The Kier molecular flexibility index (Phi) is 5.80. The Labute approximate surface area is 142 Å². The summed E-state index contributed by atoms with van der Waals surface area (Å²) in [4.78, 5) is 38.2. The van der Waals surface area contributed by atoms with Gasteiger partial charge in [0.1, 0.15) is 6.04 Å². The number of likely N-dealkylation sites (tertiary alicyclic amines) is 1. The molecule has 6 heteroatoms. The predicted molar refractivity (Wildman–Crippen MR) is 89.8 cm³/mol. The van der Waals surface area contributed by atoms with Gasteiger partial charge in [0.05, 0.1) is 0 Å². The zero-order valence-corrected chi connectivity index (χ0v) is 14.9. The van der Waals surface area contributed by atoms with E-state index in [-0.39, 0.29) is 18.3 Å². The van der Waals surface area contributed by atoms with Crippen molar-refractivity contribution in [3.05, 3.63) is 23.0 Å². The lowest BCUT2D eigenvalue weighted by molar-refractivity contribution is -0.152. The molecule has 1 atom stereocenters. The summed E-state index contributed by atoms with van der Waals surface area (Å²) in [7, 11) is 1.89. The maximum Gasteiger partial charge on any atom is 0.329 e. The van der Waals surface area contributed by atoms with E-state index in [1.54, 1.807) is 11.0 Å². The third kappa shape index (κ3) is 3.68. The summed E-state index contributed by atoms with van der Waals surface area (Å²) in [6.07, 6.45) is 2.58. The highest BCUT2D eigenvalue weighted by Gasteiger charge is 2.35. The van der Waals surface area contributed by atoms with E-state index in [1.165, 1.54) is 0 Å². The van der Waals surface area contributed by atoms with Gasteiger partial charge in [-0.2, -0.15) is 0 Å². The van der Waals surface area contributed by atoms with Gasteiger partial charge in [0, 0.05) is 37.0 Å². The molecule has 1 saturated heterocycles. The number of nitrogens with zero attached hydrogens (tertiary/aromatic N) is 2. The number of carbonyl (C=O) groups excluding carboxylic acids is 3. The van der Waals surface area contributed by atoms with Gasteiger partial charge in [-0.15, -0.1) is 0 Å². The first-order valence-corrected chi connectivity index (χ1v) is 8.49. The highest BCUT2D eigenvalue weighted by Crippen LogP contribution is 2.20. The number of amides is 1. The Morgan fingerprint density at radius 1 is 1.29 bits per heavy atom. The van der Waals surface area contributed by atoms with Gasteiger partial charge in [-0.1, -0.05) is 6.92 Å². The molecule has 1 aromatic heterocycles. The first kappa shape index (κ1) is 18.2. The number of ether oxygens (including phenoxy) is 1. The highest BCUT2D eigenvalue weighted by atomic mass is 16.5. The average Bonchev–Trinajstić information content (AvgIpc) is 3.14. The molecule has 6 nitrogen and oxygen atoms in total. The molecular formula is C18H26N2O4. The molecule has 2 heterocycles. The van der Waals surface area contributed by atoms with Gasteiger partial charge in [-0.3, -0.25) is 9.59 Å². The molecule has 1 unspecified atom stereocenters.